The molecular formula is C26H23ClN2O5S. The van der Waals surface area contributed by atoms with E-state index >= 15 is 0 Å². The highest BCUT2D eigenvalue weighted by atomic mass is 35.5. The number of fused-ring (bicyclic) bond motifs is 1. The molecule has 0 saturated carbocycles. The van der Waals surface area contributed by atoms with Gasteiger partial charge in [0.1, 0.15) is 24.1 Å². The number of thiazole rings is 1. The lowest BCUT2D eigenvalue weighted by Gasteiger charge is -2.25. The Morgan fingerprint density at radius 1 is 1.26 bits per heavy atom. The fraction of sp³-hybridized carbons (Fsp3) is 0.192. The summed E-state index contributed by atoms with van der Waals surface area (Å²) in [6.07, 6.45) is 3.43. The number of halogens is 1. The van der Waals surface area contributed by atoms with E-state index in [1.54, 1.807) is 37.3 Å². The van der Waals surface area contributed by atoms with Crippen LogP contribution >= 0.6 is 22.9 Å². The number of methoxy groups -OCH3 is 2. The molecule has 0 radical (unpaired) electrons. The van der Waals surface area contributed by atoms with Gasteiger partial charge in [0, 0.05) is 10.6 Å². The molecule has 1 aromatic heterocycles. The van der Waals surface area contributed by atoms with E-state index in [9.17, 15) is 9.59 Å². The van der Waals surface area contributed by atoms with Crippen molar-refractivity contribution in [1.82, 2.24) is 4.57 Å². The predicted molar refractivity (Wildman–Crippen MR) is 136 cm³/mol. The molecule has 2 aromatic carbocycles. The number of ether oxygens (including phenoxy) is 3. The van der Waals surface area contributed by atoms with Gasteiger partial charge in [0.05, 0.1) is 30.0 Å². The quantitative estimate of drug-likeness (QED) is 0.358. The van der Waals surface area contributed by atoms with Crippen LogP contribution in [0, 0.1) is 0 Å². The van der Waals surface area contributed by atoms with E-state index < -0.39 is 12.0 Å². The molecule has 0 N–H and O–H groups in total. The van der Waals surface area contributed by atoms with Gasteiger partial charge in [-0.15, -0.1) is 0 Å². The van der Waals surface area contributed by atoms with Crippen molar-refractivity contribution in [2.24, 2.45) is 4.99 Å². The highest BCUT2D eigenvalue weighted by Crippen LogP contribution is 2.37. The third-order valence-corrected chi connectivity index (χ3v) is 6.66. The van der Waals surface area contributed by atoms with Crippen LogP contribution in [0.4, 0.5) is 0 Å². The van der Waals surface area contributed by atoms with Gasteiger partial charge < -0.3 is 14.2 Å². The molecule has 0 bridgehead atoms. The molecule has 3 aromatic rings. The second-order valence-corrected chi connectivity index (χ2v) is 9.08. The summed E-state index contributed by atoms with van der Waals surface area (Å²) in [5.74, 6) is 0.563. The summed E-state index contributed by atoms with van der Waals surface area (Å²) in [7, 11) is 2.81. The molecule has 0 aliphatic carbocycles. The Bertz CT molecular complexity index is 1520. The number of carbonyl (C=O) groups is 1. The van der Waals surface area contributed by atoms with Crippen LogP contribution in [-0.2, 0) is 9.53 Å². The van der Waals surface area contributed by atoms with Crippen molar-refractivity contribution in [1.29, 1.82) is 0 Å². The van der Waals surface area contributed by atoms with E-state index in [4.69, 9.17) is 25.8 Å². The first-order valence-corrected chi connectivity index (χ1v) is 11.9. The fourth-order valence-electron chi connectivity index (χ4n) is 3.91. The third-order valence-electron chi connectivity index (χ3n) is 5.44. The number of carbonyl (C=O) groups excluding carboxylic acids is 1. The summed E-state index contributed by atoms with van der Waals surface area (Å²) in [5, 5.41) is 0.443. The van der Waals surface area contributed by atoms with Crippen molar-refractivity contribution in [3.05, 3.63) is 102 Å². The van der Waals surface area contributed by atoms with E-state index in [1.807, 2.05) is 24.3 Å². The molecule has 0 amide bonds. The molecular weight excluding hydrogens is 488 g/mol. The van der Waals surface area contributed by atoms with Gasteiger partial charge in [0.25, 0.3) is 5.56 Å². The van der Waals surface area contributed by atoms with Crippen LogP contribution in [0.2, 0.25) is 5.02 Å². The number of esters is 1. The van der Waals surface area contributed by atoms with E-state index in [-0.39, 0.29) is 11.1 Å². The second kappa shape index (κ2) is 10.3. The van der Waals surface area contributed by atoms with E-state index in [0.717, 1.165) is 5.56 Å². The number of aromatic nitrogens is 1. The molecule has 7 nitrogen and oxygen atoms in total. The maximum absolute atomic E-state index is 13.7. The molecule has 9 heteroatoms. The molecule has 4 rings (SSSR count). The summed E-state index contributed by atoms with van der Waals surface area (Å²) >= 11 is 7.53. The Labute approximate surface area is 210 Å². The summed E-state index contributed by atoms with van der Waals surface area (Å²) in [6.45, 7) is 5.75. The van der Waals surface area contributed by atoms with E-state index in [0.29, 0.717) is 43.7 Å². The van der Waals surface area contributed by atoms with Crippen LogP contribution in [0.3, 0.4) is 0 Å². The second-order valence-electron chi connectivity index (χ2n) is 7.63. The number of allylic oxidation sites excluding steroid dienone is 1. The van der Waals surface area contributed by atoms with Gasteiger partial charge in [0.15, 0.2) is 4.80 Å². The van der Waals surface area contributed by atoms with Crippen LogP contribution < -0.4 is 24.4 Å². The average Bonchev–Trinajstić information content (AvgIpc) is 3.15. The predicted octanol–water partition coefficient (Wildman–Crippen LogP) is 3.64. The SMILES string of the molecule is C=CCOc1cccc(/C=c2\sc3n(c2=O)[C@H](c2cc(Cl)ccc2OC)C(C(=O)OC)=C(C)N=3)c1. The molecule has 35 heavy (non-hydrogen) atoms. The lowest BCUT2D eigenvalue weighted by Crippen LogP contribution is -2.40. The van der Waals surface area contributed by atoms with Crippen LogP contribution in [0.5, 0.6) is 11.5 Å². The summed E-state index contributed by atoms with van der Waals surface area (Å²) < 4.78 is 18.1. The van der Waals surface area contributed by atoms with E-state index in [1.165, 1.54) is 30.1 Å². The van der Waals surface area contributed by atoms with Gasteiger partial charge >= 0.3 is 5.97 Å². The Hall–Kier alpha value is -3.62. The minimum Gasteiger partial charge on any atom is -0.496 e. The molecule has 0 spiro atoms. The highest BCUT2D eigenvalue weighted by molar-refractivity contribution is 7.07. The van der Waals surface area contributed by atoms with Gasteiger partial charge in [-0.1, -0.05) is 47.7 Å². The van der Waals surface area contributed by atoms with Crippen molar-refractivity contribution in [3.8, 4) is 11.5 Å². The standard InChI is InChI=1S/C26H23ClN2O5S/c1-5-11-34-18-8-6-7-16(12-18)13-21-24(30)29-23(19-14-17(27)9-10-20(19)32-3)22(25(31)33-4)15(2)28-26(29)35-21/h5-10,12-14,23H,1,11H2,2-4H3/b21-13-/t23-/m1/s1. The molecule has 1 aliphatic rings. The fourth-order valence-corrected chi connectivity index (χ4v) is 5.13. The number of benzene rings is 2. The lowest BCUT2D eigenvalue weighted by molar-refractivity contribution is -0.136. The lowest BCUT2D eigenvalue weighted by atomic mass is 9.95. The van der Waals surface area contributed by atoms with Crippen molar-refractivity contribution in [2.75, 3.05) is 20.8 Å². The monoisotopic (exact) mass is 510 g/mol. The zero-order valence-electron chi connectivity index (χ0n) is 19.4. The van der Waals surface area contributed by atoms with Crippen LogP contribution in [-0.4, -0.2) is 31.4 Å². The van der Waals surface area contributed by atoms with Crippen LogP contribution in [0.1, 0.15) is 24.1 Å². The largest absolute Gasteiger partial charge is 0.496 e. The summed E-state index contributed by atoms with van der Waals surface area (Å²) in [4.78, 5) is 31.5. The van der Waals surface area contributed by atoms with Crippen molar-refractivity contribution in [2.45, 2.75) is 13.0 Å². The first-order valence-electron chi connectivity index (χ1n) is 10.7. The average molecular weight is 511 g/mol. The van der Waals surface area contributed by atoms with Crippen molar-refractivity contribution in [3.63, 3.8) is 0 Å². The minimum absolute atomic E-state index is 0.242. The number of rotatable bonds is 7. The van der Waals surface area contributed by atoms with E-state index in [2.05, 4.69) is 11.6 Å². The van der Waals surface area contributed by atoms with Crippen LogP contribution in [0.15, 0.2) is 76.2 Å². The molecule has 1 aliphatic heterocycles. The normalized spacial score (nSPS) is 15.3. The first kappa shape index (κ1) is 24.5. The Morgan fingerprint density at radius 2 is 2.06 bits per heavy atom. The topological polar surface area (TPSA) is 79.1 Å². The number of hydrogen-bond acceptors (Lipinski definition) is 7. The Balaban J connectivity index is 1.95. The highest BCUT2D eigenvalue weighted by Gasteiger charge is 2.35. The first-order chi connectivity index (χ1) is 16.9. The molecule has 0 unspecified atom stereocenters. The van der Waals surface area contributed by atoms with Gasteiger partial charge in [-0.05, 0) is 48.9 Å². The third kappa shape index (κ3) is 4.80. The van der Waals surface area contributed by atoms with Crippen molar-refractivity contribution >= 4 is 35.0 Å². The summed E-state index contributed by atoms with van der Waals surface area (Å²) in [6, 6.07) is 11.6. The van der Waals surface area contributed by atoms with Gasteiger partial charge in [-0.2, -0.15) is 0 Å². The van der Waals surface area contributed by atoms with Gasteiger partial charge in [-0.25, -0.2) is 9.79 Å². The van der Waals surface area contributed by atoms with Crippen molar-refractivity contribution < 1.29 is 19.0 Å². The maximum atomic E-state index is 13.7. The zero-order valence-corrected chi connectivity index (χ0v) is 21.0. The molecule has 0 saturated heterocycles. The zero-order chi connectivity index (χ0) is 25.1. The smallest absolute Gasteiger partial charge is 0.338 e. The minimum atomic E-state index is -0.822. The summed E-state index contributed by atoms with van der Waals surface area (Å²) in [5.41, 5.74) is 1.75. The molecule has 1 atom stereocenters. The Kier molecular flexibility index (Phi) is 7.23. The van der Waals surface area contributed by atoms with Crippen LogP contribution in [0.25, 0.3) is 6.08 Å². The molecule has 0 fully saturated rings. The van der Waals surface area contributed by atoms with Gasteiger partial charge in [0.2, 0.25) is 0 Å². The maximum Gasteiger partial charge on any atom is 0.338 e. The Morgan fingerprint density at radius 3 is 2.77 bits per heavy atom. The van der Waals surface area contributed by atoms with Gasteiger partial charge in [-0.3, -0.25) is 9.36 Å². The number of hydrogen-bond donors (Lipinski definition) is 0. The molecule has 180 valence electrons. The molecule has 2 heterocycles. The number of nitrogens with zero attached hydrogens (tertiary/aromatic N) is 2.